The molecule has 2 saturated heterocycles. The van der Waals surface area contributed by atoms with E-state index in [1.54, 1.807) is 0 Å². The highest BCUT2D eigenvalue weighted by Crippen LogP contribution is 2.21. The number of carbonyl (C=O) groups excluding carboxylic acids is 1. The molecule has 7 heteroatoms. The number of hydrogen-bond donors (Lipinski definition) is 1. The Labute approximate surface area is 176 Å². The Hall–Kier alpha value is -0.570. The number of nitrogens with zero attached hydrogens (tertiary/aromatic N) is 3. The zero-order valence-corrected chi connectivity index (χ0v) is 19.0. The number of esters is 1. The molecule has 0 spiro atoms. The minimum Gasteiger partial charge on any atom is -0.469 e. The largest absolute Gasteiger partial charge is 0.469 e. The second-order valence-electron chi connectivity index (χ2n) is 7.19. The highest BCUT2D eigenvalue weighted by molar-refractivity contribution is 14.0. The van der Waals surface area contributed by atoms with Crippen molar-refractivity contribution in [3.05, 3.63) is 0 Å². The molecular formula is C19H37IN4O2. The van der Waals surface area contributed by atoms with Crippen LogP contribution in [0.4, 0.5) is 0 Å². The summed E-state index contributed by atoms with van der Waals surface area (Å²) in [6, 6.07) is 0. The van der Waals surface area contributed by atoms with Crippen molar-refractivity contribution >= 4 is 35.9 Å². The van der Waals surface area contributed by atoms with Crippen LogP contribution in [0.2, 0.25) is 0 Å². The van der Waals surface area contributed by atoms with E-state index in [9.17, 15) is 4.79 Å². The standard InChI is InChI=1S/C19H36N4O2.HI/c1-4-20-19(23-14-9-17(10-15-23)18(24)25-3)21-11-6-16-7-12-22(5-2)13-8-16;/h16-17H,4-15H2,1-3H3,(H,20,21);1H. The summed E-state index contributed by atoms with van der Waals surface area (Å²) in [5.41, 5.74) is 0. The first kappa shape index (κ1) is 23.5. The summed E-state index contributed by atoms with van der Waals surface area (Å²) >= 11 is 0. The lowest BCUT2D eigenvalue weighted by atomic mass is 9.94. The van der Waals surface area contributed by atoms with Crippen LogP contribution in [0.25, 0.3) is 0 Å². The van der Waals surface area contributed by atoms with Gasteiger partial charge in [0.1, 0.15) is 0 Å². The van der Waals surface area contributed by atoms with Crippen LogP contribution in [0.1, 0.15) is 46.0 Å². The summed E-state index contributed by atoms with van der Waals surface area (Å²) in [5.74, 6) is 1.81. The lowest BCUT2D eigenvalue weighted by Crippen LogP contribution is -2.46. The van der Waals surface area contributed by atoms with Gasteiger partial charge in [-0.2, -0.15) is 0 Å². The Morgan fingerprint density at radius 2 is 1.77 bits per heavy atom. The van der Waals surface area contributed by atoms with E-state index in [-0.39, 0.29) is 35.9 Å². The number of ether oxygens (including phenoxy) is 1. The third-order valence-corrected chi connectivity index (χ3v) is 5.62. The van der Waals surface area contributed by atoms with E-state index in [1.165, 1.54) is 46.0 Å². The molecule has 0 bridgehead atoms. The summed E-state index contributed by atoms with van der Waals surface area (Å²) in [5, 5.41) is 3.42. The van der Waals surface area contributed by atoms with E-state index in [1.807, 2.05) is 0 Å². The fourth-order valence-corrected chi connectivity index (χ4v) is 3.86. The number of likely N-dealkylation sites (tertiary alicyclic amines) is 2. The SMILES string of the molecule is CCNC(=NCCC1CCN(CC)CC1)N1CCC(C(=O)OC)CC1.I. The Kier molecular flexibility index (Phi) is 11.5. The van der Waals surface area contributed by atoms with Crippen molar-refractivity contribution in [2.45, 2.75) is 46.0 Å². The Morgan fingerprint density at radius 3 is 2.31 bits per heavy atom. The van der Waals surface area contributed by atoms with Crippen LogP contribution in [0.15, 0.2) is 4.99 Å². The van der Waals surface area contributed by atoms with Crippen molar-refractivity contribution in [1.29, 1.82) is 0 Å². The Morgan fingerprint density at radius 1 is 1.12 bits per heavy atom. The molecule has 2 fully saturated rings. The average Bonchev–Trinajstić information content (AvgIpc) is 2.67. The molecule has 0 saturated carbocycles. The van der Waals surface area contributed by atoms with Crippen molar-refractivity contribution in [2.75, 3.05) is 52.9 Å². The number of hydrogen-bond acceptors (Lipinski definition) is 4. The van der Waals surface area contributed by atoms with Gasteiger partial charge in [-0.1, -0.05) is 6.92 Å². The van der Waals surface area contributed by atoms with E-state index >= 15 is 0 Å². The van der Waals surface area contributed by atoms with Gasteiger partial charge < -0.3 is 19.9 Å². The maximum Gasteiger partial charge on any atom is 0.308 e. The first-order valence-corrected chi connectivity index (χ1v) is 10.0. The first-order chi connectivity index (χ1) is 12.2. The van der Waals surface area contributed by atoms with Crippen LogP contribution in [-0.4, -0.2) is 74.7 Å². The molecule has 0 aromatic heterocycles. The third-order valence-electron chi connectivity index (χ3n) is 5.62. The number of methoxy groups -OCH3 is 1. The summed E-state index contributed by atoms with van der Waals surface area (Å²) in [6.45, 7) is 11.5. The van der Waals surface area contributed by atoms with Crippen LogP contribution in [-0.2, 0) is 9.53 Å². The summed E-state index contributed by atoms with van der Waals surface area (Å²) in [4.78, 5) is 21.4. The van der Waals surface area contributed by atoms with Crippen molar-refractivity contribution in [2.24, 2.45) is 16.8 Å². The number of nitrogens with one attached hydrogen (secondary N) is 1. The number of aliphatic imine (C=N–C) groups is 1. The molecule has 2 heterocycles. The monoisotopic (exact) mass is 480 g/mol. The summed E-state index contributed by atoms with van der Waals surface area (Å²) in [6.07, 6.45) is 5.51. The van der Waals surface area contributed by atoms with Crippen LogP contribution in [0.3, 0.4) is 0 Å². The van der Waals surface area contributed by atoms with Gasteiger partial charge in [0.15, 0.2) is 5.96 Å². The molecule has 2 aliphatic heterocycles. The molecule has 26 heavy (non-hydrogen) atoms. The van der Waals surface area contributed by atoms with Gasteiger partial charge in [-0.05, 0) is 64.6 Å². The minimum absolute atomic E-state index is 0. The average molecular weight is 480 g/mol. The maximum absolute atomic E-state index is 11.7. The topological polar surface area (TPSA) is 57.2 Å². The van der Waals surface area contributed by atoms with Gasteiger partial charge in [0.2, 0.25) is 0 Å². The zero-order chi connectivity index (χ0) is 18.1. The van der Waals surface area contributed by atoms with Crippen molar-refractivity contribution in [3.63, 3.8) is 0 Å². The fraction of sp³-hybridized carbons (Fsp3) is 0.895. The second kappa shape index (κ2) is 12.8. The van der Waals surface area contributed by atoms with Crippen LogP contribution in [0.5, 0.6) is 0 Å². The highest BCUT2D eigenvalue weighted by Gasteiger charge is 2.27. The van der Waals surface area contributed by atoms with Gasteiger partial charge >= 0.3 is 5.97 Å². The van der Waals surface area contributed by atoms with Crippen LogP contribution in [0, 0.1) is 11.8 Å². The van der Waals surface area contributed by atoms with Gasteiger partial charge in [0, 0.05) is 26.2 Å². The molecule has 0 radical (unpaired) electrons. The third kappa shape index (κ3) is 7.21. The van der Waals surface area contributed by atoms with Crippen LogP contribution >= 0.6 is 24.0 Å². The smallest absolute Gasteiger partial charge is 0.308 e. The molecule has 2 rings (SSSR count). The molecular weight excluding hydrogens is 443 g/mol. The van der Waals surface area contributed by atoms with E-state index in [2.05, 4.69) is 29.0 Å². The molecule has 0 atom stereocenters. The number of rotatable bonds is 6. The van der Waals surface area contributed by atoms with E-state index in [0.29, 0.717) is 0 Å². The van der Waals surface area contributed by atoms with Gasteiger partial charge in [0.25, 0.3) is 0 Å². The lowest BCUT2D eigenvalue weighted by Gasteiger charge is -2.33. The second-order valence-corrected chi connectivity index (χ2v) is 7.19. The molecule has 0 amide bonds. The molecule has 0 aliphatic carbocycles. The summed E-state index contributed by atoms with van der Waals surface area (Å²) < 4.78 is 4.87. The minimum atomic E-state index is -0.0694. The molecule has 152 valence electrons. The number of piperidine rings is 2. The van der Waals surface area contributed by atoms with E-state index in [4.69, 9.17) is 9.73 Å². The fourth-order valence-electron chi connectivity index (χ4n) is 3.86. The van der Waals surface area contributed by atoms with E-state index in [0.717, 1.165) is 50.9 Å². The number of halogens is 1. The molecule has 0 aromatic rings. The predicted octanol–water partition coefficient (Wildman–Crippen LogP) is 2.58. The molecule has 6 nitrogen and oxygen atoms in total. The van der Waals surface area contributed by atoms with Gasteiger partial charge in [-0.15, -0.1) is 24.0 Å². The predicted molar refractivity (Wildman–Crippen MR) is 117 cm³/mol. The van der Waals surface area contributed by atoms with Gasteiger partial charge in [-0.3, -0.25) is 9.79 Å². The summed E-state index contributed by atoms with van der Waals surface area (Å²) in [7, 11) is 1.48. The Balaban J connectivity index is 0.00000338. The highest BCUT2D eigenvalue weighted by atomic mass is 127. The molecule has 2 aliphatic rings. The number of guanidine groups is 1. The van der Waals surface area contributed by atoms with Gasteiger partial charge in [0.05, 0.1) is 13.0 Å². The normalized spacial score (nSPS) is 20.6. The molecule has 1 N–H and O–H groups in total. The lowest BCUT2D eigenvalue weighted by molar-refractivity contribution is -0.146. The maximum atomic E-state index is 11.7. The zero-order valence-electron chi connectivity index (χ0n) is 16.7. The van der Waals surface area contributed by atoms with Crippen molar-refractivity contribution in [1.82, 2.24) is 15.1 Å². The number of carbonyl (C=O) groups is 1. The van der Waals surface area contributed by atoms with Crippen LogP contribution < -0.4 is 5.32 Å². The molecule has 0 aromatic carbocycles. The van der Waals surface area contributed by atoms with Gasteiger partial charge in [-0.25, -0.2) is 0 Å². The quantitative estimate of drug-likeness (QED) is 0.274. The van der Waals surface area contributed by atoms with Crippen molar-refractivity contribution in [3.8, 4) is 0 Å². The van der Waals surface area contributed by atoms with E-state index < -0.39 is 0 Å². The van der Waals surface area contributed by atoms with Crippen molar-refractivity contribution < 1.29 is 9.53 Å². The Bertz CT molecular complexity index is 431. The first-order valence-electron chi connectivity index (χ1n) is 10.0. The molecule has 0 unspecified atom stereocenters.